The van der Waals surface area contributed by atoms with Crippen molar-refractivity contribution in [3.05, 3.63) is 36.0 Å². The van der Waals surface area contributed by atoms with Crippen LogP contribution < -0.4 is 21.0 Å². The van der Waals surface area contributed by atoms with Crippen molar-refractivity contribution in [2.24, 2.45) is 5.73 Å². The van der Waals surface area contributed by atoms with Gasteiger partial charge in [-0.1, -0.05) is 18.9 Å². The van der Waals surface area contributed by atoms with E-state index in [1.807, 2.05) is 18.0 Å². The molecule has 4 rings (SSSR count). The predicted molar refractivity (Wildman–Crippen MR) is 111 cm³/mol. The van der Waals surface area contributed by atoms with Crippen molar-refractivity contribution in [3.8, 4) is 0 Å². The minimum absolute atomic E-state index is 0.0784. The van der Waals surface area contributed by atoms with Crippen LogP contribution in [0.4, 0.5) is 27.9 Å². The van der Waals surface area contributed by atoms with E-state index in [2.05, 4.69) is 10.3 Å². The Hall–Kier alpha value is -3.36. The third-order valence-corrected chi connectivity index (χ3v) is 5.47. The van der Waals surface area contributed by atoms with Gasteiger partial charge < -0.3 is 11.1 Å². The number of carbonyl (C=O) groups is 2. The number of nitrogens with two attached hydrogens (primary N) is 1. The highest BCUT2D eigenvalue weighted by Gasteiger charge is 2.39. The zero-order valence-corrected chi connectivity index (χ0v) is 16.6. The van der Waals surface area contributed by atoms with Gasteiger partial charge >= 0.3 is 6.03 Å². The molecule has 1 aromatic carbocycles. The SMILES string of the molecule is CCN1C(=O)N(C)c2cnc(Nc3cccc(C(N)=O)c3)nc2N1C1CCCC1. The van der Waals surface area contributed by atoms with Gasteiger partial charge in [-0.3, -0.25) is 14.7 Å². The predicted octanol–water partition coefficient (Wildman–Crippen LogP) is 2.87. The lowest BCUT2D eigenvalue weighted by Crippen LogP contribution is -2.59. The topological polar surface area (TPSA) is 108 Å². The molecule has 29 heavy (non-hydrogen) atoms. The Bertz CT molecular complexity index is 942. The summed E-state index contributed by atoms with van der Waals surface area (Å²) in [6.07, 6.45) is 6.01. The molecule has 9 nitrogen and oxygen atoms in total. The Morgan fingerprint density at radius 2 is 2.07 bits per heavy atom. The van der Waals surface area contributed by atoms with Crippen molar-refractivity contribution in [3.63, 3.8) is 0 Å². The number of hydrogen-bond acceptors (Lipinski definition) is 6. The van der Waals surface area contributed by atoms with Crippen LogP contribution in [0.1, 0.15) is 43.0 Å². The first-order valence-electron chi connectivity index (χ1n) is 9.88. The van der Waals surface area contributed by atoms with Crippen molar-refractivity contribution in [2.45, 2.75) is 38.6 Å². The fraction of sp³-hybridized carbons (Fsp3) is 0.400. The van der Waals surface area contributed by atoms with Crippen molar-refractivity contribution < 1.29 is 9.59 Å². The normalized spacial score (nSPS) is 16.9. The molecule has 9 heteroatoms. The summed E-state index contributed by atoms with van der Waals surface area (Å²) >= 11 is 0. The van der Waals surface area contributed by atoms with Gasteiger partial charge in [-0.15, -0.1) is 0 Å². The molecule has 0 atom stereocenters. The number of hydrazine groups is 1. The first kappa shape index (κ1) is 19.0. The molecule has 1 aliphatic carbocycles. The highest BCUT2D eigenvalue weighted by molar-refractivity contribution is 5.98. The lowest BCUT2D eigenvalue weighted by molar-refractivity contribution is 0.100. The fourth-order valence-electron chi connectivity index (χ4n) is 4.00. The molecule has 1 aliphatic heterocycles. The number of anilines is 4. The summed E-state index contributed by atoms with van der Waals surface area (Å²) in [4.78, 5) is 35.0. The number of rotatable bonds is 5. The zero-order valence-electron chi connectivity index (χ0n) is 16.6. The van der Waals surface area contributed by atoms with Crippen LogP contribution in [0.3, 0.4) is 0 Å². The monoisotopic (exact) mass is 395 g/mol. The molecule has 1 aromatic heterocycles. The van der Waals surface area contributed by atoms with Crippen LogP contribution >= 0.6 is 0 Å². The number of hydrogen-bond donors (Lipinski definition) is 2. The third-order valence-electron chi connectivity index (χ3n) is 5.47. The average Bonchev–Trinajstić information content (AvgIpc) is 3.25. The number of carbonyl (C=O) groups excluding carboxylic acids is 2. The zero-order chi connectivity index (χ0) is 20.5. The van der Waals surface area contributed by atoms with Gasteiger partial charge in [0.1, 0.15) is 5.69 Å². The quantitative estimate of drug-likeness (QED) is 0.806. The molecule has 0 saturated heterocycles. The summed E-state index contributed by atoms with van der Waals surface area (Å²) in [6, 6.07) is 7.05. The van der Waals surface area contributed by atoms with Crippen molar-refractivity contribution in [2.75, 3.05) is 28.8 Å². The van der Waals surface area contributed by atoms with E-state index in [0.29, 0.717) is 35.2 Å². The first-order valence-corrected chi connectivity index (χ1v) is 9.88. The van der Waals surface area contributed by atoms with E-state index in [9.17, 15) is 9.59 Å². The maximum absolute atomic E-state index is 12.9. The smallest absolute Gasteiger partial charge is 0.343 e. The molecular weight excluding hydrogens is 370 g/mol. The summed E-state index contributed by atoms with van der Waals surface area (Å²) in [7, 11) is 1.74. The van der Waals surface area contributed by atoms with Crippen molar-refractivity contribution in [1.82, 2.24) is 15.0 Å². The van der Waals surface area contributed by atoms with Gasteiger partial charge in [0.15, 0.2) is 5.82 Å². The average molecular weight is 395 g/mol. The number of nitrogens with one attached hydrogen (secondary N) is 1. The molecule has 2 heterocycles. The maximum Gasteiger partial charge on any atom is 0.343 e. The number of primary amides is 1. The van der Waals surface area contributed by atoms with Gasteiger partial charge in [0.25, 0.3) is 0 Å². The molecule has 0 unspecified atom stereocenters. The van der Waals surface area contributed by atoms with E-state index >= 15 is 0 Å². The van der Waals surface area contributed by atoms with Crippen LogP contribution in [0.5, 0.6) is 0 Å². The van der Waals surface area contributed by atoms with Gasteiger partial charge in [0.05, 0.1) is 12.2 Å². The number of benzene rings is 1. The van der Waals surface area contributed by atoms with E-state index in [0.717, 1.165) is 25.7 Å². The number of urea groups is 1. The molecule has 0 radical (unpaired) electrons. The molecule has 3 N–H and O–H groups in total. The van der Waals surface area contributed by atoms with E-state index in [1.54, 1.807) is 41.4 Å². The van der Waals surface area contributed by atoms with Crippen LogP contribution in [0, 0.1) is 0 Å². The Morgan fingerprint density at radius 1 is 1.31 bits per heavy atom. The summed E-state index contributed by atoms with van der Waals surface area (Å²) in [6.45, 7) is 2.53. The van der Waals surface area contributed by atoms with Crippen molar-refractivity contribution >= 4 is 35.1 Å². The number of nitrogens with zero attached hydrogens (tertiary/aromatic N) is 5. The summed E-state index contributed by atoms with van der Waals surface area (Å²) in [5, 5.41) is 6.93. The minimum Gasteiger partial charge on any atom is -0.366 e. The number of aromatic nitrogens is 2. The molecule has 2 aromatic rings. The molecule has 0 bridgehead atoms. The molecule has 152 valence electrons. The fourth-order valence-corrected chi connectivity index (χ4v) is 4.00. The molecular formula is C20H25N7O2. The molecule has 1 fully saturated rings. The summed E-state index contributed by atoms with van der Waals surface area (Å²) < 4.78 is 0. The molecule has 3 amide bonds. The minimum atomic E-state index is -0.494. The van der Waals surface area contributed by atoms with Crippen LogP contribution in [0.15, 0.2) is 30.5 Å². The van der Waals surface area contributed by atoms with Gasteiger partial charge in [-0.05, 0) is 38.0 Å². The molecule has 2 aliphatic rings. The van der Waals surface area contributed by atoms with Crippen molar-refractivity contribution in [1.29, 1.82) is 0 Å². The lowest BCUT2D eigenvalue weighted by atomic mass is 10.2. The Labute approximate surface area is 169 Å². The number of fused-ring (bicyclic) bond motifs is 1. The largest absolute Gasteiger partial charge is 0.366 e. The summed E-state index contributed by atoms with van der Waals surface area (Å²) in [5.74, 6) is 0.614. The van der Waals surface area contributed by atoms with Gasteiger partial charge in [-0.25, -0.2) is 14.8 Å². The summed E-state index contributed by atoms with van der Waals surface area (Å²) in [5.41, 5.74) is 7.12. The Kier molecular flexibility index (Phi) is 4.96. The Morgan fingerprint density at radius 3 is 2.76 bits per heavy atom. The maximum atomic E-state index is 12.9. The highest BCUT2D eigenvalue weighted by atomic mass is 16.2. The second-order valence-corrected chi connectivity index (χ2v) is 7.31. The van der Waals surface area contributed by atoms with E-state index in [4.69, 9.17) is 10.7 Å². The third kappa shape index (κ3) is 3.43. The van der Waals surface area contributed by atoms with E-state index in [1.165, 1.54) is 0 Å². The Balaban J connectivity index is 1.72. The highest BCUT2D eigenvalue weighted by Crippen LogP contribution is 2.38. The standard InChI is InChI=1S/C20H25N7O2/c1-3-26-20(29)25(2)16-12-22-19(23-14-8-6-7-13(11-14)17(21)28)24-18(16)27(26)15-9-4-5-10-15/h6-8,11-12,15H,3-5,9-10H2,1-2H3,(H2,21,28)(H,22,23,24). The lowest BCUT2D eigenvalue weighted by Gasteiger charge is -2.45. The van der Waals surface area contributed by atoms with Crippen LogP contribution in [-0.2, 0) is 0 Å². The van der Waals surface area contributed by atoms with Crippen LogP contribution in [-0.4, -0.2) is 46.5 Å². The van der Waals surface area contributed by atoms with E-state index < -0.39 is 5.91 Å². The van der Waals surface area contributed by atoms with E-state index in [-0.39, 0.29) is 12.1 Å². The second-order valence-electron chi connectivity index (χ2n) is 7.31. The first-order chi connectivity index (χ1) is 14.0. The molecule has 1 saturated carbocycles. The number of amides is 3. The molecule has 0 spiro atoms. The van der Waals surface area contributed by atoms with Gasteiger partial charge in [-0.2, -0.15) is 4.98 Å². The van der Waals surface area contributed by atoms with Crippen LogP contribution in [0.2, 0.25) is 0 Å². The van der Waals surface area contributed by atoms with Gasteiger partial charge in [0, 0.05) is 24.8 Å². The second kappa shape index (κ2) is 7.57. The van der Waals surface area contributed by atoms with Crippen LogP contribution in [0.25, 0.3) is 0 Å². The van der Waals surface area contributed by atoms with Gasteiger partial charge in [0.2, 0.25) is 11.9 Å².